The lowest BCUT2D eigenvalue weighted by Crippen LogP contribution is -2.00. The van der Waals surface area contributed by atoms with Crippen molar-refractivity contribution in [3.8, 4) is 5.75 Å². The molecule has 0 atom stereocenters. The second-order valence-corrected chi connectivity index (χ2v) is 5.28. The van der Waals surface area contributed by atoms with E-state index < -0.39 is 0 Å². The number of aromatic hydroxyl groups is 1. The number of benzene rings is 2. The molecule has 0 spiro atoms. The Hall–Kier alpha value is -1.71. The Morgan fingerprint density at radius 2 is 1.90 bits per heavy atom. The van der Waals surface area contributed by atoms with E-state index in [2.05, 4.69) is 10.5 Å². The molecule has 5 heteroatoms. The minimum atomic E-state index is 0.138. The highest BCUT2D eigenvalue weighted by Crippen LogP contribution is 2.23. The first-order valence-electron chi connectivity index (χ1n) is 6.02. The molecule has 0 amide bonds. The van der Waals surface area contributed by atoms with Crippen molar-refractivity contribution in [1.29, 1.82) is 0 Å². The first-order valence-corrected chi connectivity index (χ1v) is 6.78. The van der Waals surface area contributed by atoms with Gasteiger partial charge < -0.3 is 5.11 Å². The molecule has 0 radical (unpaired) electrons. The Balaban J connectivity index is 2.22. The summed E-state index contributed by atoms with van der Waals surface area (Å²) in [4.78, 5) is 0. The van der Waals surface area contributed by atoms with Gasteiger partial charge in [-0.15, -0.1) is 0 Å². The Morgan fingerprint density at radius 1 is 1.15 bits per heavy atom. The maximum absolute atomic E-state index is 9.79. The second-order valence-electron chi connectivity index (χ2n) is 4.43. The van der Waals surface area contributed by atoms with Gasteiger partial charge in [-0.2, -0.15) is 5.10 Å². The quantitative estimate of drug-likeness (QED) is 0.629. The molecule has 3 nitrogen and oxygen atoms in total. The number of rotatable bonds is 3. The molecule has 2 N–H and O–H groups in total. The van der Waals surface area contributed by atoms with Crippen LogP contribution >= 0.6 is 23.2 Å². The van der Waals surface area contributed by atoms with Crippen LogP contribution < -0.4 is 5.43 Å². The zero-order chi connectivity index (χ0) is 14.7. The van der Waals surface area contributed by atoms with Crippen molar-refractivity contribution in [3.63, 3.8) is 0 Å². The lowest BCUT2D eigenvalue weighted by Gasteiger charge is -2.07. The van der Waals surface area contributed by atoms with Gasteiger partial charge in [0.05, 0.1) is 11.4 Å². The van der Waals surface area contributed by atoms with Crippen LogP contribution in [0.25, 0.3) is 0 Å². The maximum atomic E-state index is 9.79. The number of hydrazone groups is 1. The number of hydrogen-bond donors (Lipinski definition) is 2. The predicted molar refractivity (Wildman–Crippen MR) is 85.1 cm³/mol. The zero-order valence-electron chi connectivity index (χ0n) is 11.1. The largest absolute Gasteiger partial charge is 0.507 e. The molecule has 104 valence electrons. The van der Waals surface area contributed by atoms with Gasteiger partial charge in [0.25, 0.3) is 0 Å². The van der Waals surface area contributed by atoms with Gasteiger partial charge in [0, 0.05) is 15.6 Å². The van der Waals surface area contributed by atoms with Crippen molar-refractivity contribution in [1.82, 2.24) is 0 Å². The van der Waals surface area contributed by atoms with E-state index in [0.717, 1.165) is 11.3 Å². The number of aryl methyl sites for hydroxylation is 1. The molecule has 0 unspecified atom stereocenters. The van der Waals surface area contributed by atoms with Crippen molar-refractivity contribution in [2.24, 2.45) is 5.10 Å². The fraction of sp³-hybridized carbons (Fsp3) is 0.133. The van der Waals surface area contributed by atoms with Gasteiger partial charge in [-0.25, -0.2) is 0 Å². The average molecular weight is 309 g/mol. The van der Waals surface area contributed by atoms with Crippen molar-refractivity contribution < 1.29 is 5.11 Å². The standard InChI is InChI=1S/C15H14Cl2N2O/c1-9-3-5-12(8-14(9)17)19-18-10(2)13-7-11(16)4-6-15(13)20/h3-8,19-20H,1-2H3/b18-10+. The van der Waals surface area contributed by atoms with E-state index in [-0.39, 0.29) is 5.75 Å². The first-order chi connectivity index (χ1) is 9.47. The highest BCUT2D eigenvalue weighted by Gasteiger charge is 2.05. The van der Waals surface area contributed by atoms with Crippen LogP contribution in [0.3, 0.4) is 0 Å². The van der Waals surface area contributed by atoms with Crippen LogP contribution in [0.15, 0.2) is 41.5 Å². The highest BCUT2D eigenvalue weighted by atomic mass is 35.5. The number of anilines is 1. The van der Waals surface area contributed by atoms with Crippen LogP contribution in [0.4, 0.5) is 5.69 Å². The monoisotopic (exact) mass is 308 g/mol. The van der Waals surface area contributed by atoms with E-state index in [0.29, 0.717) is 21.3 Å². The van der Waals surface area contributed by atoms with Gasteiger partial charge in [-0.3, -0.25) is 5.43 Å². The molecule has 0 fully saturated rings. The minimum Gasteiger partial charge on any atom is -0.507 e. The van der Waals surface area contributed by atoms with E-state index in [1.165, 1.54) is 0 Å². The summed E-state index contributed by atoms with van der Waals surface area (Å²) in [7, 11) is 0. The summed E-state index contributed by atoms with van der Waals surface area (Å²) in [5, 5.41) is 15.2. The Morgan fingerprint density at radius 3 is 2.60 bits per heavy atom. The average Bonchev–Trinajstić information content (AvgIpc) is 2.42. The van der Waals surface area contributed by atoms with Gasteiger partial charge in [0.2, 0.25) is 0 Å². The number of nitrogens with one attached hydrogen (secondary N) is 1. The molecule has 2 aromatic carbocycles. The molecule has 0 saturated heterocycles. The molecule has 0 saturated carbocycles. The van der Waals surface area contributed by atoms with E-state index in [4.69, 9.17) is 23.2 Å². The molecular formula is C15H14Cl2N2O. The van der Waals surface area contributed by atoms with Gasteiger partial charge >= 0.3 is 0 Å². The highest BCUT2D eigenvalue weighted by molar-refractivity contribution is 6.31. The lowest BCUT2D eigenvalue weighted by atomic mass is 10.1. The molecule has 0 aliphatic heterocycles. The number of nitrogens with zero attached hydrogens (tertiary/aromatic N) is 1. The molecule has 0 aliphatic carbocycles. The molecular weight excluding hydrogens is 295 g/mol. The molecule has 2 aromatic rings. The Bertz CT molecular complexity index is 669. The van der Waals surface area contributed by atoms with Crippen molar-refractivity contribution >= 4 is 34.6 Å². The van der Waals surface area contributed by atoms with Crippen molar-refractivity contribution in [2.75, 3.05) is 5.43 Å². The molecule has 0 aliphatic rings. The van der Waals surface area contributed by atoms with E-state index >= 15 is 0 Å². The van der Waals surface area contributed by atoms with Gasteiger partial charge in [0.1, 0.15) is 5.75 Å². The summed E-state index contributed by atoms with van der Waals surface area (Å²) >= 11 is 12.0. The van der Waals surface area contributed by atoms with Gasteiger partial charge in [-0.1, -0.05) is 29.3 Å². The van der Waals surface area contributed by atoms with Gasteiger partial charge in [0.15, 0.2) is 0 Å². The zero-order valence-corrected chi connectivity index (χ0v) is 12.6. The third-order valence-electron chi connectivity index (χ3n) is 2.87. The first kappa shape index (κ1) is 14.7. The lowest BCUT2D eigenvalue weighted by molar-refractivity contribution is 0.474. The number of hydrogen-bond acceptors (Lipinski definition) is 3. The van der Waals surface area contributed by atoms with Crippen LogP contribution in [0.1, 0.15) is 18.1 Å². The second kappa shape index (κ2) is 6.16. The summed E-state index contributed by atoms with van der Waals surface area (Å²) < 4.78 is 0. The number of phenols is 1. The number of halogens is 2. The van der Waals surface area contributed by atoms with Crippen LogP contribution in [-0.4, -0.2) is 10.8 Å². The summed E-state index contributed by atoms with van der Waals surface area (Å²) in [6.45, 7) is 3.72. The third kappa shape index (κ3) is 3.44. The topological polar surface area (TPSA) is 44.6 Å². The van der Waals surface area contributed by atoms with E-state index in [1.807, 2.05) is 19.1 Å². The summed E-state index contributed by atoms with van der Waals surface area (Å²) in [6, 6.07) is 10.4. The molecule has 20 heavy (non-hydrogen) atoms. The number of phenolic OH excluding ortho intramolecular Hbond substituents is 1. The van der Waals surface area contributed by atoms with Crippen LogP contribution in [0.5, 0.6) is 5.75 Å². The third-order valence-corrected chi connectivity index (χ3v) is 3.52. The predicted octanol–water partition coefficient (Wildman–Crippen LogP) is 4.84. The van der Waals surface area contributed by atoms with Crippen LogP contribution in [-0.2, 0) is 0 Å². The van der Waals surface area contributed by atoms with E-state index in [1.54, 1.807) is 31.2 Å². The molecule has 0 bridgehead atoms. The van der Waals surface area contributed by atoms with Crippen molar-refractivity contribution in [2.45, 2.75) is 13.8 Å². The minimum absolute atomic E-state index is 0.138. The van der Waals surface area contributed by atoms with Gasteiger partial charge in [-0.05, 0) is 49.7 Å². The maximum Gasteiger partial charge on any atom is 0.124 e. The molecule has 0 heterocycles. The smallest absolute Gasteiger partial charge is 0.124 e. The van der Waals surface area contributed by atoms with E-state index in [9.17, 15) is 5.11 Å². The summed E-state index contributed by atoms with van der Waals surface area (Å²) in [5.74, 6) is 0.138. The summed E-state index contributed by atoms with van der Waals surface area (Å²) in [6.07, 6.45) is 0. The summed E-state index contributed by atoms with van der Waals surface area (Å²) in [5.41, 5.74) is 5.90. The SMILES string of the molecule is C/C(=N\Nc1ccc(C)c(Cl)c1)c1cc(Cl)ccc1O. The fourth-order valence-electron chi connectivity index (χ4n) is 1.67. The normalized spacial score (nSPS) is 11.5. The molecule has 0 aromatic heterocycles. The Kier molecular flexibility index (Phi) is 4.53. The van der Waals surface area contributed by atoms with Crippen LogP contribution in [0, 0.1) is 6.92 Å². The van der Waals surface area contributed by atoms with Crippen LogP contribution in [0.2, 0.25) is 10.0 Å². The van der Waals surface area contributed by atoms with Crippen molar-refractivity contribution in [3.05, 3.63) is 57.6 Å². The fourth-order valence-corrected chi connectivity index (χ4v) is 2.02. The molecule has 2 rings (SSSR count). The Labute approximate surface area is 127 Å².